The molecule has 0 saturated heterocycles. The Hall–Kier alpha value is -7.12. The maximum Gasteiger partial charge on any atom is 0.206 e. The molecule has 0 aliphatic heterocycles. The Morgan fingerprint density at radius 2 is 0.356 bits per heavy atom. The summed E-state index contributed by atoms with van der Waals surface area (Å²) in [5, 5.41) is 0. The number of hydrogen-bond donors (Lipinski definition) is 0. The maximum atomic E-state index is 2.59. The van der Waals surface area contributed by atoms with Crippen LogP contribution in [0.5, 0.6) is 0 Å². The molecule has 0 fully saturated rings. The van der Waals surface area contributed by atoms with E-state index in [4.69, 9.17) is 0 Å². The van der Waals surface area contributed by atoms with E-state index < -0.39 is 0 Å². The first-order chi connectivity index (χ1) is 58.2. The quantitative estimate of drug-likeness (QED) is 0.0269. The average Bonchev–Trinajstić information content (AvgIpc) is 1.30. The predicted molar refractivity (Wildman–Crippen MR) is 518 cm³/mol. The van der Waals surface area contributed by atoms with Crippen LogP contribution in [0.2, 0.25) is 0 Å². The molecule has 0 aliphatic rings. The van der Waals surface area contributed by atoms with Gasteiger partial charge in [0.05, 0.1) is 0 Å². The minimum atomic E-state index is 0.949. The van der Waals surface area contributed by atoms with Crippen LogP contribution in [0, 0.1) is 0 Å². The van der Waals surface area contributed by atoms with Gasteiger partial charge in [0.25, 0.3) is 0 Å². The number of rotatable bonds is 72. The molecule has 7 heteroatoms. The smallest absolute Gasteiger partial charge is 0.206 e. The van der Waals surface area contributed by atoms with Crippen LogP contribution in [0.25, 0.3) is 72.9 Å². The molecule has 0 amide bonds. The number of aryl methyl sites for hydroxylation is 3. The van der Waals surface area contributed by atoms with Gasteiger partial charge in [-0.1, -0.05) is 360 Å². The van der Waals surface area contributed by atoms with E-state index in [1.807, 2.05) is 0 Å². The van der Waals surface area contributed by atoms with Crippen molar-refractivity contribution in [3.63, 3.8) is 0 Å². The Kier molecular flexibility index (Phi) is 53.7. The van der Waals surface area contributed by atoms with Crippen molar-refractivity contribution in [2.24, 2.45) is 21.1 Å². The fourth-order valence-corrected chi connectivity index (χ4v) is 17.1. The largest absolute Gasteiger partial charge is 0.345 e. The minimum absolute atomic E-state index is 0.949. The van der Waals surface area contributed by atoms with Crippen LogP contribution in [0.15, 0.2) is 122 Å². The first-order valence-electron chi connectivity index (χ1n) is 49.9. The molecule has 0 saturated carbocycles. The molecule has 648 valence electrons. The van der Waals surface area contributed by atoms with Crippen LogP contribution in [0.3, 0.4) is 0 Å². The molecule has 118 heavy (non-hydrogen) atoms. The molecule has 7 heterocycles. The summed E-state index contributed by atoms with van der Waals surface area (Å²) in [5.41, 5.74) is 14.4. The van der Waals surface area contributed by atoms with Gasteiger partial charge in [0.2, 0.25) is 11.4 Å². The Labute approximate surface area is 724 Å². The van der Waals surface area contributed by atoms with Crippen LogP contribution in [0.1, 0.15) is 455 Å². The molecule has 7 aromatic heterocycles. The second-order valence-corrected chi connectivity index (χ2v) is 35.5. The number of pyridine rings is 4. The fraction of sp³-hybridized carbons (Fsp3) is 0.604. The Morgan fingerprint density at radius 3 is 0.559 bits per heavy atom. The summed E-state index contributed by atoms with van der Waals surface area (Å²) >= 11 is 0. The Morgan fingerprint density at radius 1 is 0.186 bits per heavy atom. The van der Waals surface area contributed by atoms with E-state index in [1.54, 1.807) is 0 Å². The molecular weight excluding hydrogens is 1430 g/mol. The highest BCUT2D eigenvalue weighted by atomic mass is 15.0. The van der Waals surface area contributed by atoms with Gasteiger partial charge < -0.3 is 13.7 Å². The molecule has 0 aliphatic carbocycles. The molecule has 7 nitrogen and oxygen atoms in total. The van der Waals surface area contributed by atoms with Crippen LogP contribution >= 0.6 is 0 Å². The topological polar surface area (TPSA) is 30.3 Å². The van der Waals surface area contributed by atoms with Crippen LogP contribution < -0.4 is 18.3 Å². The van der Waals surface area contributed by atoms with Gasteiger partial charge in [0.15, 0.2) is 37.2 Å². The van der Waals surface area contributed by atoms with Crippen LogP contribution in [0.4, 0.5) is 0 Å². The summed E-state index contributed by atoms with van der Waals surface area (Å²) < 4.78 is 16.7. The highest BCUT2D eigenvalue weighted by Crippen LogP contribution is 2.24. The predicted octanol–water partition coefficient (Wildman–Crippen LogP) is 31.8. The minimum Gasteiger partial charge on any atom is -0.345 e. The van der Waals surface area contributed by atoms with Crippen molar-refractivity contribution in [1.82, 2.24) is 13.7 Å². The van der Waals surface area contributed by atoms with E-state index >= 15 is 0 Å². The van der Waals surface area contributed by atoms with Gasteiger partial charge in [0, 0.05) is 142 Å². The van der Waals surface area contributed by atoms with Gasteiger partial charge in [-0.25, -0.2) is 13.7 Å². The van der Waals surface area contributed by atoms with Gasteiger partial charge in [-0.2, -0.15) is 4.57 Å². The van der Waals surface area contributed by atoms with Crippen molar-refractivity contribution in [3.05, 3.63) is 190 Å². The van der Waals surface area contributed by atoms with Crippen molar-refractivity contribution in [3.8, 4) is 0 Å². The summed E-state index contributed by atoms with van der Waals surface area (Å²) in [6.07, 6.45) is 119. The zero-order chi connectivity index (χ0) is 83.0. The van der Waals surface area contributed by atoms with Crippen molar-refractivity contribution in [2.75, 3.05) is 0 Å². The molecule has 7 aromatic rings. The summed E-state index contributed by atoms with van der Waals surface area (Å²) in [6.45, 7) is 13.5. The zero-order valence-corrected chi connectivity index (χ0v) is 77.0. The second-order valence-electron chi connectivity index (χ2n) is 35.5. The van der Waals surface area contributed by atoms with E-state index in [0.717, 1.165) is 32.6 Å². The standard InChI is InChI=1S/C111H173N7/c1-8-12-16-20-24-28-32-36-40-44-48-52-56-60-88-115-92-82-100(83-93-115)64-68-104-72-73-107(112(104)5)71-67-103-98-110(80-78-108-76-74-105(113(108)6)69-65-101-84-94-116(95-85-101)89-61-57-53-49-45-41-37-33-29-25-21-17-13-9-2)118(91-63-59-55-51-47-43-39-35-31-27-23-19-15-11-4)111(99-103)81-79-109-77-75-106(114(109)7)70-66-102-86-96-117(97-87-102)90-62-58-54-50-46-42-38-34-30-26-22-18-14-10-3/h64-87,92-99H,8-63,88-91H2,1-7H3/q+4. The maximum absolute atomic E-state index is 2.59. The van der Waals surface area contributed by atoms with Crippen molar-refractivity contribution >= 4 is 72.9 Å². The van der Waals surface area contributed by atoms with E-state index in [-0.39, 0.29) is 0 Å². The lowest BCUT2D eigenvalue weighted by molar-refractivity contribution is -0.700. The van der Waals surface area contributed by atoms with Gasteiger partial charge in [-0.05, 0) is 121 Å². The SMILES string of the molecule is CCCCCCCCCCCCCCCC[n+]1ccc(C=Cc2ccc(C=Cc3cc(C=Cc4ccc(C=Cc5cc[n+](CCCCCCCCCCCCCCCC)cc5)n4C)[n+](CCCCCCCCCCCCCCCC)c(C=Cc4ccc(C=Cc5cc[n+](CCCCCCCCCCCCCCCC)cc5)n4C)c3)n2C)cc1. The van der Waals surface area contributed by atoms with Gasteiger partial charge in [-0.3, -0.25) is 0 Å². The van der Waals surface area contributed by atoms with Gasteiger partial charge in [0.1, 0.15) is 26.2 Å². The van der Waals surface area contributed by atoms with Crippen molar-refractivity contribution < 1.29 is 18.3 Å². The fourth-order valence-electron chi connectivity index (χ4n) is 17.1. The van der Waals surface area contributed by atoms with Crippen LogP contribution in [-0.4, -0.2) is 13.7 Å². The van der Waals surface area contributed by atoms with E-state index in [0.29, 0.717) is 0 Å². The number of hydrogen-bond acceptors (Lipinski definition) is 0. The van der Waals surface area contributed by atoms with Crippen LogP contribution in [-0.2, 0) is 47.3 Å². The van der Waals surface area contributed by atoms with Gasteiger partial charge in [-0.15, -0.1) is 0 Å². The summed E-state index contributed by atoms with van der Waals surface area (Å²) in [6, 6.07) is 32.1. The molecule has 0 aromatic carbocycles. The van der Waals surface area contributed by atoms with Crippen molar-refractivity contribution in [2.45, 2.75) is 413 Å². The molecule has 0 radical (unpaired) electrons. The number of unbranched alkanes of at least 4 members (excludes halogenated alkanes) is 52. The van der Waals surface area contributed by atoms with Gasteiger partial charge >= 0.3 is 0 Å². The first kappa shape index (κ1) is 98.0. The summed E-state index contributed by atoms with van der Waals surface area (Å²) in [5.74, 6) is 0. The number of nitrogens with zero attached hydrogens (tertiary/aromatic N) is 7. The lowest BCUT2D eigenvalue weighted by atomic mass is 10.0. The third-order valence-corrected chi connectivity index (χ3v) is 25.3. The zero-order valence-electron chi connectivity index (χ0n) is 77.0. The second kappa shape index (κ2) is 64.7. The lowest BCUT2D eigenvalue weighted by Gasteiger charge is -2.09. The monoisotopic (exact) mass is 1600 g/mol. The van der Waals surface area contributed by atoms with E-state index in [9.17, 15) is 0 Å². The molecule has 0 unspecified atom stereocenters. The van der Waals surface area contributed by atoms with Crippen molar-refractivity contribution in [1.29, 1.82) is 0 Å². The average molecular weight is 1610 g/mol. The molecule has 0 bridgehead atoms. The van der Waals surface area contributed by atoms with E-state index in [2.05, 4.69) is 276 Å². The number of aromatic nitrogens is 7. The Balaban J connectivity index is 1.03. The molecular formula is C111H173N7+4. The lowest BCUT2D eigenvalue weighted by Crippen LogP contribution is -2.40. The summed E-state index contributed by atoms with van der Waals surface area (Å²) in [7, 11) is 6.63. The normalized spacial score (nSPS) is 12.2. The highest BCUT2D eigenvalue weighted by Gasteiger charge is 2.18. The third kappa shape index (κ3) is 42.9. The molecule has 0 spiro atoms. The molecule has 7 rings (SSSR count). The first-order valence-corrected chi connectivity index (χ1v) is 49.9. The Bertz CT molecular complexity index is 3660. The van der Waals surface area contributed by atoms with E-state index in [1.165, 1.54) is 421 Å². The molecule has 0 N–H and O–H groups in total. The third-order valence-electron chi connectivity index (χ3n) is 25.3. The molecule has 0 atom stereocenters. The highest BCUT2D eigenvalue weighted by molar-refractivity contribution is 5.77. The summed E-state index contributed by atoms with van der Waals surface area (Å²) in [4.78, 5) is 0.